The minimum Gasteiger partial charge on any atom is -0.493 e. The van der Waals surface area contributed by atoms with E-state index >= 15 is 0 Å². The highest BCUT2D eigenvalue weighted by Gasteiger charge is 2.05. The first-order valence-electron chi connectivity index (χ1n) is 5.97. The van der Waals surface area contributed by atoms with Crippen LogP contribution in [0.25, 0.3) is 0 Å². The van der Waals surface area contributed by atoms with Gasteiger partial charge in [-0.05, 0) is 58.0 Å². The van der Waals surface area contributed by atoms with Crippen molar-refractivity contribution in [3.8, 4) is 11.5 Å². The number of nitrogens with two attached hydrogens (primary N) is 1. The van der Waals surface area contributed by atoms with Crippen LogP contribution in [-0.2, 0) is 13.2 Å². The topological polar surface area (TPSA) is 44.5 Å². The van der Waals surface area contributed by atoms with Gasteiger partial charge in [0.2, 0.25) is 0 Å². The molecule has 0 atom stereocenters. The van der Waals surface area contributed by atoms with E-state index in [1.54, 1.807) is 7.11 Å². The minimum absolute atomic E-state index is 0.494. The molecule has 0 aliphatic carbocycles. The lowest BCUT2D eigenvalue weighted by Gasteiger charge is -2.12. The van der Waals surface area contributed by atoms with E-state index in [0.717, 1.165) is 16.9 Å². The number of methoxy groups -OCH3 is 1. The molecular weight excluding hydrogens is 353 g/mol. The molecule has 0 radical (unpaired) electrons. The Kier molecular flexibility index (Phi) is 5.04. The lowest BCUT2D eigenvalue weighted by Crippen LogP contribution is -2.00. The van der Waals surface area contributed by atoms with Gasteiger partial charge in [0, 0.05) is 10.1 Å². The molecular formula is C15H16INO2. The third kappa shape index (κ3) is 3.84. The number of benzene rings is 2. The van der Waals surface area contributed by atoms with Crippen LogP contribution < -0.4 is 15.2 Å². The second kappa shape index (κ2) is 6.77. The molecule has 2 rings (SSSR count). The fourth-order valence-electron chi connectivity index (χ4n) is 1.70. The molecule has 0 bridgehead atoms. The van der Waals surface area contributed by atoms with Crippen LogP contribution in [0.3, 0.4) is 0 Å². The molecule has 0 aromatic heterocycles. The highest BCUT2D eigenvalue weighted by molar-refractivity contribution is 14.1. The largest absolute Gasteiger partial charge is 0.493 e. The zero-order valence-corrected chi connectivity index (χ0v) is 12.9. The van der Waals surface area contributed by atoms with Crippen LogP contribution in [0.4, 0.5) is 0 Å². The molecule has 0 heterocycles. The Labute approximate surface area is 126 Å². The van der Waals surface area contributed by atoms with E-state index in [-0.39, 0.29) is 0 Å². The minimum atomic E-state index is 0.494. The fourth-order valence-corrected chi connectivity index (χ4v) is 2.06. The van der Waals surface area contributed by atoms with Gasteiger partial charge in [0.15, 0.2) is 11.5 Å². The molecule has 4 heteroatoms. The molecule has 19 heavy (non-hydrogen) atoms. The molecule has 2 aromatic carbocycles. The molecule has 0 unspecified atom stereocenters. The summed E-state index contributed by atoms with van der Waals surface area (Å²) in [6.07, 6.45) is 0. The van der Waals surface area contributed by atoms with Crippen LogP contribution in [-0.4, -0.2) is 7.11 Å². The highest BCUT2D eigenvalue weighted by atomic mass is 127. The molecule has 0 saturated carbocycles. The quantitative estimate of drug-likeness (QED) is 0.823. The molecule has 0 amide bonds. The van der Waals surface area contributed by atoms with Gasteiger partial charge in [-0.3, -0.25) is 0 Å². The lowest BCUT2D eigenvalue weighted by atomic mass is 10.2. The van der Waals surface area contributed by atoms with Crippen molar-refractivity contribution in [2.24, 2.45) is 5.73 Å². The summed E-state index contributed by atoms with van der Waals surface area (Å²) >= 11 is 2.28. The van der Waals surface area contributed by atoms with Gasteiger partial charge in [-0.1, -0.05) is 18.2 Å². The van der Waals surface area contributed by atoms with Gasteiger partial charge in [0.25, 0.3) is 0 Å². The summed E-state index contributed by atoms with van der Waals surface area (Å²) < 4.78 is 12.3. The maximum atomic E-state index is 5.79. The van der Waals surface area contributed by atoms with E-state index in [4.69, 9.17) is 15.2 Å². The van der Waals surface area contributed by atoms with E-state index in [0.29, 0.717) is 18.9 Å². The first-order chi connectivity index (χ1) is 9.22. The van der Waals surface area contributed by atoms with Gasteiger partial charge in [0.1, 0.15) is 6.61 Å². The van der Waals surface area contributed by atoms with Crippen molar-refractivity contribution in [2.75, 3.05) is 7.11 Å². The Bertz CT molecular complexity index is 540. The van der Waals surface area contributed by atoms with E-state index in [2.05, 4.69) is 46.9 Å². The second-order valence-electron chi connectivity index (χ2n) is 4.10. The highest BCUT2D eigenvalue weighted by Crippen LogP contribution is 2.28. The Morgan fingerprint density at radius 1 is 1.00 bits per heavy atom. The first-order valence-corrected chi connectivity index (χ1v) is 7.05. The van der Waals surface area contributed by atoms with Crippen LogP contribution in [0.5, 0.6) is 11.5 Å². The summed E-state index contributed by atoms with van der Waals surface area (Å²) in [6, 6.07) is 14.0. The van der Waals surface area contributed by atoms with Crippen LogP contribution in [0.2, 0.25) is 0 Å². The third-order valence-corrected chi connectivity index (χ3v) is 3.49. The normalized spacial score (nSPS) is 10.3. The van der Waals surface area contributed by atoms with Gasteiger partial charge in [-0.15, -0.1) is 0 Å². The van der Waals surface area contributed by atoms with Crippen LogP contribution >= 0.6 is 22.6 Å². The monoisotopic (exact) mass is 369 g/mol. The molecule has 0 fully saturated rings. The number of ether oxygens (including phenoxy) is 2. The molecule has 2 N–H and O–H groups in total. The maximum Gasteiger partial charge on any atom is 0.161 e. The van der Waals surface area contributed by atoms with E-state index in [9.17, 15) is 0 Å². The van der Waals surface area contributed by atoms with Gasteiger partial charge >= 0.3 is 0 Å². The number of hydrogen-bond donors (Lipinski definition) is 1. The molecule has 3 nitrogen and oxygen atoms in total. The number of hydrogen-bond acceptors (Lipinski definition) is 3. The summed E-state index contributed by atoms with van der Waals surface area (Å²) in [6.45, 7) is 1.02. The van der Waals surface area contributed by atoms with Crippen LogP contribution in [0.1, 0.15) is 11.1 Å². The van der Waals surface area contributed by atoms with Gasteiger partial charge in [-0.25, -0.2) is 0 Å². The number of halogens is 1. The van der Waals surface area contributed by atoms with Crippen molar-refractivity contribution >= 4 is 22.6 Å². The summed E-state index contributed by atoms with van der Waals surface area (Å²) in [5.41, 5.74) is 7.76. The van der Waals surface area contributed by atoms with Crippen LogP contribution in [0.15, 0.2) is 42.5 Å². The summed E-state index contributed by atoms with van der Waals surface area (Å²) in [5, 5.41) is 0. The Morgan fingerprint density at radius 2 is 1.68 bits per heavy atom. The zero-order valence-electron chi connectivity index (χ0n) is 10.7. The zero-order chi connectivity index (χ0) is 13.7. The summed E-state index contributed by atoms with van der Waals surface area (Å²) in [4.78, 5) is 0. The fraction of sp³-hybridized carbons (Fsp3) is 0.200. The molecule has 0 aliphatic heterocycles. The Balaban J connectivity index is 2.08. The van der Waals surface area contributed by atoms with Crippen molar-refractivity contribution in [1.82, 2.24) is 0 Å². The molecule has 0 spiro atoms. The number of rotatable bonds is 5. The third-order valence-electron chi connectivity index (χ3n) is 2.77. The van der Waals surface area contributed by atoms with E-state index in [1.807, 2.05) is 18.2 Å². The lowest BCUT2D eigenvalue weighted by molar-refractivity contribution is 0.284. The average Bonchev–Trinajstić information content (AvgIpc) is 2.46. The van der Waals surface area contributed by atoms with Crippen molar-refractivity contribution in [2.45, 2.75) is 13.2 Å². The van der Waals surface area contributed by atoms with E-state index in [1.165, 1.54) is 3.57 Å². The van der Waals surface area contributed by atoms with Crippen molar-refractivity contribution < 1.29 is 9.47 Å². The smallest absolute Gasteiger partial charge is 0.161 e. The van der Waals surface area contributed by atoms with Gasteiger partial charge in [0.05, 0.1) is 7.11 Å². The molecule has 0 aliphatic rings. The predicted molar refractivity (Wildman–Crippen MR) is 84.4 cm³/mol. The average molecular weight is 369 g/mol. The summed E-state index contributed by atoms with van der Waals surface area (Å²) in [5.74, 6) is 1.45. The predicted octanol–water partition coefficient (Wildman–Crippen LogP) is 3.34. The molecule has 100 valence electrons. The molecule has 0 saturated heterocycles. The van der Waals surface area contributed by atoms with Crippen LogP contribution in [0, 0.1) is 3.57 Å². The second-order valence-corrected chi connectivity index (χ2v) is 5.35. The van der Waals surface area contributed by atoms with Gasteiger partial charge in [-0.2, -0.15) is 0 Å². The van der Waals surface area contributed by atoms with Crippen molar-refractivity contribution in [3.63, 3.8) is 0 Å². The summed E-state index contributed by atoms with van der Waals surface area (Å²) in [7, 11) is 1.63. The molecule has 2 aromatic rings. The van der Waals surface area contributed by atoms with Crippen molar-refractivity contribution in [1.29, 1.82) is 0 Å². The maximum absolute atomic E-state index is 5.79. The Hall–Kier alpha value is -1.27. The Morgan fingerprint density at radius 3 is 2.32 bits per heavy atom. The standard InChI is InChI=1S/C15H16INO2/c1-18-15-8-12(9-17)4-7-14(15)19-10-11-2-5-13(16)6-3-11/h2-8H,9-10,17H2,1H3. The van der Waals surface area contributed by atoms with Gasteiger partial charge < -0.3 is 15.2 Å². The van der Waals surface area contributed by atoms with Crippen molar-refractivity contribution in [3.05, 3.63) is 57.2 Å². The first kappa shape index (κ1) is 14.1. The van der Waals surface area contributed by atoms with E-state index < -0.39 is 0 Å². The SMILES string of the molecule is COc1cc(CN)ccc1OCc1ccc(I)cc1.